The fourth-order valence-electron chi connectivity index (χ4n) is 3.44. The molecule has 1 unspecified atom stereocenters. The molecule has 0 spiro atoms. The predicted molar refractivity (Wildman–Crippen MR) is 79.6 cm³/mol. The smallest absolute Gasteiger partial charge is 0.159 e. The zero-order valence-corrected chi connectivity index (χ0v) is 12.2. The summed E-state index contributed by atoms with van der Waals surface area (Å²) >= 11 is 0. The first-order valence-electron chi connectivity index (χ1n) is 7.62. The van der Waals surface area contributed by atoms with Crippen LogP contribution < -0.4 is 0 Å². The Morgan fingerprint density at radius 3 is 2.90 bits per heavy atom. The van der Waals surface area contributed by atoms with E-state index in [0.717, 1.165) is 25.0 Å². The lowest BCUT2D eigenvalue weighted by Gasteiger charge is -2.21. The van der Waals surface area contributed by atoms with E-state index in [2.05, 4.69) is 18.2 Å². The van der Waals surface area contributed by atoms with Crippen molar-refractivity contribution in [3.05, 3.63) is 46.7 Å². The summed E-state index contributed by atoms with van der Waals surface area (Å²) in [5.41, 5.74) is 4.50. The van der Waals surface area contributed by atoms with Crippen molar-refractivity contribution in [1.82, 2.24) is 0 Å². The van der Waals surface area contributed by atoms with E-state index >= 15 is 0 Å². The molecule has 2 nitrogen and oxygen atoms in total. The molecule has 1 aromatic carbocycles. The van der Waals surface area contributed by atoms with Crippen molar-refractivity contribution in [3.8, 4) is 0 Å². The number of ether oxygens (including phenoxy) is 1. The molecule has 0 bridgehead atoms. The zero-order chi connectivity index (χ0) is 13.9. The third kappa shape index (κ3) is 2.95. The van der Waals surface area contributed by atoms with Gasteiger partial charge in [-0.15, -0.1) is 0 Å². The number of rotatable bonds is 4. The van der Waals surface area contributed by atoms with Gasteiger partial charge in [0.2, 0.25) is 0 Å². The molecular weight excluding hydrogens is 248 g/mol. The Morgan fingerprint density at radius 1 is 1.20 bits per heavy atom. The highest BCUT2D eigenvalue weighted by Crippen LogP contribution is 2.28. The van der Waals surface area contributed by atoms with Crippen molar-refractivity contribution in [3.63, 3.8) is 0 Å². The van der Waals surface area contributed by atoms with Crippen LogP contribution in [0.2, 0.25) is 0 Å². The summed E-state index contributed by atoms with van der Waals surface area (Å²) in [6, 6.07) is 6.94. The molecule has 1 atom stereocenters. The second-order valence-corrected chi connectivity index (χ2v) is 6.05. The molecule has 0 N–H and O–H groups in total. The summed E-state index contributed by atoms with van der Waals surface area (Å²) in [4.78, 5) is 11.7. The molecule has 0 fully saturated rings. The average Bonchev–Trinajstić information content (AvgIpc) is 2.92. The van der Waals surface area contributed by atoms with Crippen LogP contribution in [-0.2, 0) is 28.8 Å². The molecule has 2 heteroatoms. The molecule has 0 amide bonds. The fourth-order valence-corrected chi connectivity index (χ4v) is 3.44. The van der Waals surface area contributed by atoms with Gasteiger partial charge in [0.05, 0.1) is 12.9 Å². The molecule has 0 heterocycles. The minimum atomic E-state index is 0.215. The van der Waals surface area contributed by atoms with Crippen molar-refractivity contribution < 1.29 is 9.53 Å². The van der Waals surface area contributed by atoms with E-state index in [4.69, 9.17) is 4.74 Å². The van der Waals surface area contributed by atoms with Crippen LogP contribution in [0.15, 0.2) is 30.0 Å². The van der Waals surface area contributed by atoms with E-state index < -0.39 is 0 Å². The Balaban J connectivity index is 1.60. The van der Waals surface area contributed by atoms with Crippen molar-refractivity contribution in [2.45, 2.75) is 44.9 Å². The lowest BCUT2D eigenvalue weighted by Crippen LogP contribution is -2.15. The van der Waals surface area contributed by atoms with Crippen molar-refractivity contribution in [2.24, 2.45) is 5.92 Å². The first kappa shape index (κ1) is 13.4. The van der Waals surface area contributed by atoms with Gasteiger partial charge in [0, 0.05) is 18.9 Å². The number of aryl methyl sites for hydroxylation is 3. The first-order valence-corrected chi connectivity index (χ1v) is 7.62. The Morgan fingerprint density at radius 2 is 2.05 bits per heavy atom. The topological polar surface area (TPSA) is 26.3 Å². The number of carbonyl (C=O) groups is 1. The summed E-state index contributed by atoms with van der Waals surface area (Å²) in [7, 11) is 1.65. The molecule has 0 saturated carbocycles. The van der Waals surface area contributed by atoms with Gasteiger partial charge in [-0.05, 0) is 54.7 Å². The molecule has 0 saturated heterocycles. The number of hydrogen-bond acceptors (Lipinski definition) is 2. The molecule has 1 aromatic rings. The van der Waals surface area contributed by atoms with E-state index in [1.807, 2.05) is 0 Å². The predicted octanol–water partition coefficient (Wildman–Crippen LogP) is 3.62. The normalized spacial score (nSPS) is 21.6. The zero-order valence-electron chi connectivity index (χ0n) is 12.2. The second-order valence-electron chi connectivity index (χ2n) is 6.05. The number of ketones is 1. The Hall–Kier alpha value is -1.57. The van der Waals surface area contributed by atoms with Crippen molar-refractivity contribution in [1.29, 1.82) is 0 Å². The number of hydrogen-bond donors (Lipinski definition) is 0. The molecule has 2 aliphatic rings. The van der Waals surface area contributed by atoms with Crippen LogP contribution in [0, 0.1) is 5.92 Å². The van der Waals surface area contributed by atoms with Crippen LogP contribution in [0.3, 0.4) is 0 Å². The highest BCUT2D eigenvalue weighted by Gasteiger charge is 2.21. The summed E-state index contributed by atoms with van der Waals surface area (Å²) in [6.07, 6.45) is 9.18. The van der Waals surface area contributed by atoms with Gasteiger partial charge < -0.3 is 4.74 Å². The SMILES string of the molecule is COC1=CC(=O)CC(CCc2ccc3c(c2)CCC3)C1. The van der Waals surface area contributed by atoms with Crippen LogP contribution in [-0.4, -0.2) is 12.9 Å². The number of methoxy groups -OCH3 is 1. The van der Waals surface area contributed by atoms with Crippen LogP contribution in [0.5, 0.6) is 0 Å². The minimum Gasteiger partial charge on any atom is -0.501 e. The molecule has 106 valence electrons. The van der Waals surface area contributed by atoms with Gasteiger partial charge in [-0.1, -0.05) is 18.2 Å². The van der Waals surface area contributed by atoms with E-state index in [1.165, 1.54) is 30.4 Å². The summed E-state index contributed by atoms with van der Waals surface area (Å²) in [6.45, 7) is 0. The van der Waals surface area contributed by atoms with Gasteiger partial charge in [-0.3, -0.25) is 4.79 Å². The lowest BCUT2D eigenvalue weighted by molar-refractivity contribution is -0.116. The maximum atomic E-state index is 11.7. The number of carbonyl (C=O) groups excluding carboxylic acids is 1. The van der Waals surface area contributed by atoms with Gasteiger partial charge in [-0.25, -0.2) is 0 Å². The van der Waals surface area contributed by atoms with Crippen LogP contribution in [0.25, 0.3) is 0 Å². The van der Waals surface area contributed by atoms with E-state index in [0.29, 0.717) is 12.3 Å². The van der Waals surface area contributed by atoms with Gasteiger partial charge >= 0.3 is 0 Å². The molecule has 0 radical (unpaired) electrons. The molecule has 3 rings (SSSR count). The van der Waals surface area contributed by atoms with Crippen LogP contribution >= 0.6 is 0 Å². The summed E-state index contributed by atoms with van der Waals surface area (Å²) in [5, 5.41) is 0. The monoisotopic (exact) mass is 270 g/mol. The number of benzene rings is 1. The largest absolute Gasteiger partial charge is 0.501 e. The van der Waals surface area contributed by atoms with Gasteiger partial charge in [0.25, 0.3) is 0 Å². The van der Waals surface area contributed by atoms with E-state index in [9.17, 15) is 4.79 Å². The number of fused-ring (bicyclic) bond motifs is 1. The highest BCUT2D eigenvalue weighted by molar-refractivity contribution is 5.91. The second kappa shape index (κ2) is 5.82. The Bertz CT molecular complexity index is 542. The Kier molecular flexibility index (Phi) is 3.90. The minimum absolute atomic E-state index is 0.215. The van der Waals surface area contributed by atoms with Crippen molar-refractivity contribution in [2.75, 3.05) is 7.11 Å². The van der Waals surface area contributed by atoms with Crippen LogP contribution in [0.4, 0.5) is 0 Å². The maximum Gasteiger partial charge on any atom is 0.159 e. The molecule has 0 aliphatic heterocycles. The summed E-state index contributed by atoms with van der Waals surface area (Å²) in [5.74, 6) is 1.50. The standard InChI is InChI=1S/C18H22O2/c1-20-18-11-14(10-17(19)12-18)6-5-13-7-8-15-3-2-4-16(15)9-13/h7-9,12,14H,2-6,10-11H2,1H3. The fraction of sp³-hybridized carbons (Fsp3) is 0.500. The highest BCUT2D eigenvalue weighted by atomic mass is 16.5. The summed E-state index contributed by atoms with van der Waals surface area (Å²) < 4.78 is 5.24. The van der Waals surface area contributed by atoms with Crippen molar-refractivity contribution >= 4 is 5.78 Å². The first-order chi connectivity index (χ1) is 9.74. The number of allylic oxidation sites excluding steroid dienone is 2. The van der Waals surface area contributed by atoms with E-state index in [1.54, 1.807) is 18.7 Å². The van der Waals surface area contributed by atoms with Gasteiger partial charge in [-0.2, -0.15) is 0 Å². The Labute approximate surface area is 120 Å². The molecular formula is C18H22O2. The van der Waals surface area contributed by atoms with Gasteiger partial charge in [0.15, 0.2) is 5.78 Å². The van der Waals surface area contributed by atoms with E-state index in [-0.39, 0.29) is 5.78 Å². The third-order valence-corrected chi connectivity index (χ3v) is 4.57. The quantitative estimate of drug-likeness (QED) is 0.835. The maximum absolute atomic E-state index is 11.7. The molecule has 20 heavy (non-hydrogen) atoms. The van der Waals surface area contributed by atoms with Crippen LogP contribution in [0.1, 0.15) is 42.4 Å². The molecule has 0 aromatic heterocycles. The van der Waals surface area contributed by atoms with Gasteiger partial charge in [0.1, 0.15) is 0 Å². The third-order valence-electron chi connectivity index (χ3n) is 4.57. The molecule has 2 aliphatic carbocycles. The lowest BCUT2D eigenvalue weighted by atomic mass is 9.87. The average molecular weight is 270 g/mol.